The van der Waals surface area contributed by atoms with E-state index in [4.69, 9.17) is 30.5 Å². The minimum Gasteiger partial charge on any atom is -0.467 e. The Morgan fingerprint density at radius 2 is 1.32 bits per heavy atom. The van der Waals surface area contributed by atoms with Crippen LogP contribution in [0.2, 0.25) is 5.28 Å². The van der Waals surface area contributed by atoms with E-state index in [0.717, 1.165) is 0 Å². The highest BCUT2D eigenvalue weighted by Gasteiger charge is 2.09. The number of hydrogen-bond acceptors (Lipinski definition) is 16. The van der Waals surface area contributed by atoms with E-state index in [1.54, 1.807) is 0 Å². The van der Waals surface area contributed by atoms with Crippen LogP contribution in [0.25, 0.3) is 5.95 Å². The second-order valence-corrected chi connectivity index (χ2v) is 4.84. The van der Waals surface area contributed by atoms with Crippen LogP contribution in [-0.4, -0.2) is 99.2 Å². The molecule has 0 atom stereocenters. The third-order valence-electron chi connectivity index (χ3n) is 2.70. The molecule has 0 radical (unpaired) electrons. The minimum atomic E-state index is 0.0497. The summed E-state index contributed by atoms with van der Waals surface area (Å²) in [6.45, 7) is 0. The Morgan fingerprint density at radius 3 is 1.68 bits per heavy atom. The number of nitrogens with zero attached hydrogens (tertiary/aromatic N) is 13. The maximum Gasteiger partial charge on any atom is 0.324 e. The summed E-state index contributed by atoms with van der Waals surface area (Å²) in [5, 5.41) is 22.8. The highest BCUT2D eigenvalue weighted by atomic mass is 35.5. The van der Waals surface area contributed by atoms with Gasteiger partial charge in [-0.05, 0) is 22.0 Å². The van der Waals surface area contributed by atoms with Crippen molar-refractivity contribution >= 4 is 11.6 Å². The van der Waals surface area contributed by atoms with E-state index in [0.29, 0.717) is 0 Å². The van der Waals surface area contributed by atoms with Gasteiger partial charge in [-0.3, -0.25) is 0 Å². The minimum absolute atomic E-state index is 0.0497. The normalized spacial score (nSPS) is 9.45. The molecule has 18 nitrogen and oxygen atoms in total. The van der Waals surface area contributed by atoms with Gasteiger partial charge in [0.15, 0.2) is 6.33 Å². The number of hydrogen-bond donors (Lipinski definition) is 1. The molecule has 0 aliphatic carbocycles. The Morgan fingerprint density at radius 1 is 0.774 bits per heavy atom. The predicted molar refractivity (Wildman–Crippen MR) is 97.8 cm³/mol. The van der Waals surface area contributed by atoms with Crippen molar-refractivity contribution in [3.05, 3.63) is 17.9 Å². The lowest BCUT2D eigenvalue weighted by Gasteiger charge is -2.03. The van der Waals surface area contributed by atoms with Crippen molar-refractivity contribution in [3.63, 3.8) is 0 Å². The average molecular weight is 455 g/mol. The number of ether oxygens (including phenoxy) is 4. The standard InChI is InChI=1S/C6H7N7O2.C5H6ClN3O2.CH2N4/c1-14-5-8-4(9-6(10-5)15-2)13-3-7-11-12-13;1-10-4-7-3(6)8-5(9-4)11-2;1-2-4-5-3-1/h3H,1-2H3;1-2H3;1H,(H,2,3,4,5). The Bertz CT molecular complexity index is 957. The number of nitrogens with one attached hydrogen (secondary N) is 1. The lowest BCUT2D eigenvalue weighted by molar-refractivity contribution is 0.338. The highest BCUT2D eigenvalue weighted by Crippen LogP contribution is 2.11. The Hall–Kier alpha value is -4.35. The van der Waals surface area contributed by atoms with Crippen LogP contribution in [0.5, 0.6) is 24.0 Å². The zero-order chi connectivity index (χ0) is 22.5. The van der Waals surface area contributed by atoms with Crippen molar-refractivity contribution in [2.24, 2.45) is 0 Å². The SMILES string of the molecule is COc1nc(Cl)nc(OC)n1.COc1nc(OC)nc(-n2cnnn2)n1.c1nn[nH]n1. The van der Waals surface area contributed by atoms with Crippen molar-refractivity contribution in [3.8, 4) is 30.0 Å². The van der Waals surface area contributed by atoms with Crippen LogP contribution < -0.4 is 18.9 Å². The van der Waals surface area contributed by atoms with Gasteiger partial charge in [0.25, 0.3) is 5.95 Å². The van der Waals surface area contributed by atoms with Gasteiger partial charge in [-0.25, -0.2) is 0 Å². The second-order valence-electron chi connectivity index (χ2n) is 4.50. The van der Waals surface area contributed by atoms with Crippen LogP contribution in [0.3, 0.4) is 0 Å². The van der Waals surface area contributed by atoms with Crippen LogP contribution in [0, 0.1) is 0 Å². The van der Waals surface area contributed by atoms with E-state index in [-0.39, 0.29) is 35.3 Å². The van der Waals surface area contributed by atoms with E-state index >= 15 is 0 Å². The number of rotatable bonds is 5. The fourth-order valence-corrected chi connectivity index (χ4v) is 1.64. The first-order valence-corrected chi connectivity index (χ1v) is 8.20. The Balaban J connectivity index is 0.000000186. The van der Waals surface area contributed by atoms with Gasteiger partial charge >= 0.3 is 24.0 Å². The molecule has 0 bridgehead atoms. The number of halogens is 1. The summed E-state index contributed by atoms with van der Waals surface area (Å²) in [6, 6.07) is 0.545. The van der Waals surface area contributed by atoms with Crippen LogP contribution in [0.4, 0.5) is 0 Å². The van der Waals surface area contributed by atoms with Gasteiger partial charge in [0.1, 0.15) is 6.33 Å². The highest BCUT2D eigenvalue weighted by molar-refractivity contribution is 6.28. The summed E-state index contributed by atoms with van der Waals surface area (Å²) < 4.78 is 20.4. The van der Waals surface area contributed by atoms with Crippen LogP contribution in [0.1, 0.15) is 0 Å². The molecule has 4 rings (SSSR count). The maximum absolute atomic E-state index is 5.49. The number of tetrazole rings is 2. The van der Waals surface area contributed by atoms with E-state index in [1.165, 1.54) is 45.8 Å². The molecular weight excluding hydrogens is 440 g/mol. The topological polar surface area (TPSA) is 212 Å². The first kappa shape index (κ1) is 22.9. The van der Waals surface area contributed by atoms with Crippen LogP contribution >= 0.6 is 11.6 Å². The molecule has 0 saturated heterocycles. The monoisotopic (exact) mass is 454 g/mol. The summed E-state index contributed by atoms with van der Waals surface area (Å²) >= 11 is 5.49. The van der Waals surface area contributed by atoms with Gasteiger partial charge in [-0.15, -0.1) is 25.3 Å². The molecule has 0 aromatic carbocycles. The predicted octanol–water partition coefficient (Wildman–Crippen LogP) is -1.39. The van der Waals surface area contributed by atoms with Crippen molar-refractivity contribution in [2.75, 3.05) is 28.4 Å². The van der Waals surface area contributed by atoms with Gasteiger partial charge in [0, 0.05) is 0 Å². The smallest absolute Gasteiger partial charge is 0.324 e. The largest absolute Gasteiger partial charge is 0.467 e. The molecule has 4 aromatic rings. The first-order valence-electron chi connectivity index (χ1n) is 7.83. The third kappa shape index (κ3) is 7.53. The number of aromatic nitrogens is 14. The molecule has 0 amide bonds. The van der Waals surface area contributed by atoms with Crippen molar-refractivity contribution < 1.29 is 18.9 Å². The van der Waals surface area contributed by atoms with Gasteiger partial charge in [-0.2, -0.15) is 29.8 Å². The average Bonchev–Trinajstić information content (AvgIpc) is 3.55. The molecule has 0 saturated carbocycles. The molecule has 0 aliphatic rings. The van der Waals surface area contributed by atoms with Crippen molar-refractivity contribution in [1.82, 2.24) is 70.7 Å². The van der Waals surface area contributed by atoms with E-state index < -0.39 is 0 Å². The maximum atomic E-state index is 5.49. The molecule has 4 aromatic heterocycles. The fourth-order valence-electron chi connectivity index (χ4n) is 1.49. The molecule has 0 unspecified atom stereocenters. The lowest BCUT2D eigenvalue weighted by Crippen LogP contribution is -2.07. The molecule has 0 spiro atoms. The molecule has 31 heavy (non-hydrogen) atoms. The second kappa shape index (κ2) is 12.3. The summed E-state index contributed by atoms with van der Waals surface area (Å²) in [7, 11) is 5.76. The zero-order valence-electron chi connectivity index (χ0n) is 16.5. The summed E-state index contributed by atoms with van der Waals surface area (Å²) in [5.74, 6) is 0.226. The van der Waals surface area contributed by atoms with Crippen molar-refractivity contribution in [1.29, 1.82) is 0 Å². The molecule has 4 heterocycles. The zero-order valence-corrected chi connectivity index (χ0v) is 17.2. The summed E-state index contributed by atoms with van der Waals surface area (Å²) in [4.78, 5) is 22.7. The molecule has 164 valence electrons. The van der Waals surface area contributed by atoms with Gasteiger partial charge < -0.3 is 18.9 Å². The first-order chi connectivity index (χ1) is 15.1. The summed E-state index contributed by atoms with van der Waals surface area (Å²) in [6.07, 6.45) is 2.69. The number of aromatic amines is 1. The van der Waals surface area contributed by atoms with Gasteiger partial charge in [-0.1, -0.05) is 5.21 Å². The van der Waals surface area contributed by atoms with Gasteiger partial charge in [0.05, 0.1) is 28.4 Å². The number of H-pyrrole nitrogens is 1. The van der Waals surface area contributed by atoms with E-state index in [2.05, 4.69) is 66.1 Å². The Labute approximate surface area is 178 Å². The molecule has 0 aliphatic heterocycles. The number of methoxy groups -OCH3 is 4. The lowest BCUT2D eigenvalue weighted by atomic mass is 10.8. The molecular formula is C12H15ClN14O4. The molecule has 0 fully saturated rings. The Kier molecular flexibility index (Phi) is 9.07. The van der Waals surface area contributed by atoms with Crippen molar-refractivity contribution in [2.45, 2.75) is 0 Å². The van der Waals surface area contributed by atoms with E-state index in [1.807, 2.05) is 0 Å². The quantitative estimate of drug-likeness (QED) is 0.367. The van der Waals surface area contributed by atoms with Crippen LogP contribution in [-0.2, 0) is 0 Å². The summed E-state index contributed by atoms with van der Waals surface area (Å²) in [5.41, 5.74) is 0. The third-order valence-corrected chi connectivity index (χ3v) is 2.87. The molecule has 1 N–H and O–H groups in total. The van der Waals surface area contributed by atoms with E-state index in [9.17, 15) is 0 Å². The van der Waals surface area contributed by atoms with Gasteiger partial charge in [0.2, 0.25) is 5.28 Å². The molecule has 19 heteroatoms. The fraction of sp³-hybridized carbons (Fsp3) is 0.333. The van der Waals surface area contributed by atoms with Crippen LogP contribution in [0.15, 0.2) is 12.7 Å².